The van der Waals surface area contributed by atoms with Crippen LogP contribution in [-0.4, -0.2) is 28.9 Å². The molecule has 1 heterocycles. The van der Waals surface area contributed by atoms with Crippen LogP contribution in [0.1, 0.15) is 62.1 Å². The van der Waals surface area contributed by atoms with E-state index < -0.39 is 5.91 Å². The van der Waals surface area contributed by atoms with Crippen LogP contribution in [0, 0.1) is 3.57 Å². The largest absolute Gasteiger partial charge is 0.496 e. The van der Waals surface area contributed by atoms with Crippen molar-refractivity contribution in [1.29, 1.82) is 0 Å². The maximum Gasteiger partial charge on any atom is 0.286 e. The Morgan fingerprint density at radius 2 is 1.97 bits per heavy atom. The van der Waals surface area contributed by atoms with Gasteiger partial charge in [-0.1, -0.05) is 27.2 Å². The fraction of sp³-hybridized carbons (Fsp3) is 0.400. The molecular formula is C20H25IN4O4. The van der Waals surface area contributed by atoms with E-state index in [4.69, 9.17) is 15.2 Å². The zero-order valence-electron chi connectivity index (χ0n) is 16.9. The minimum Gasteiger partial charge on any atom is -0.496 e. The Balaban J connectivity index is 2.45. The molecule has 0 saturated heterocycles. The molecule has 0 radical (unpaired) electrons. The highest BCUT2D eigenvalue weighted by Gasteiger charge is 2.19. The van der Waals surface area contributed by atoms with Crippen molar-refractivity contribution in [3.05, 3.63) is 33.3 Å². The van der Waals surface area contributed by atoms with Crippen molar-refractivity contribution < 1.29 is 19.1 Å². The molecule has 156 valence electrons. The van der Waals surface area contributed by atoms with Crippen LogP contribution in [0.15, 0.2) is 18.3 Å². The Kier molecular flexibility index (Phi) is 8.18. The van der Waals surface area contributed by atoms with Gasteiger partial charge in [0.15, 0.2) is 11.6 Å². The first-order chi connectivity index (χ1) is 13.8. The first-order valence-electron chi connectivity index (χ1n) is 9.28. The van der Waals surface area contributed by atoms with Crippen molar-refractivity contribution in [2.45, 2.75) is 46.0 Å². The number of amides is 2. The van der Waals surface area contributed by atoms with Crippen LogP contribution < -0.4 is 20.5 Å². The molecule has 0 fully saturated rings. The summed E-state index contributed by atoms with van der Waals surface area (Å²) in [4.78, 5) is 31.7. The lowest BCUT2D eigenvalue weighted by atomic mass is 10.0. The molecule has 3 N–H and O–H groups in total. The van der Waals surface area contributed by atoms with Gasteiger partial charge in [-0.05, 0) is 47.1 Å². The number of hydrogen-bond donors (Lipinski definition) is 2. The summed E-state index contributed by atoms with van der Waals surface area (Å²) in [6, 6.07) is 3.76. The van der Waals surface area contributed by atoms with E-state index in [-0.39, 0.29) is 29.2 Å². The number of benzene rings is 1. The lowest BCUT2D eigenvalue weighted by Gasteiger charge is -2.18. The van der Waals surface area contributed by atoms with Crippen molar-refractivity contribution in [2.24, 2.45) is 5.73 Å². The fourth-order valence-corrected chi connectivity index (χ4v) is 3.21. The van der Waals surface area contributed by atoms with E-state index in [9.17, 15) is 9.59 Å². The average Bonchev–Trinajstić information content (AvgIpc) is 2.67. The van der Waals surface area contributed by atoms with Gasteiger partial charge in [-0.2, -0.15) is 0 Å². The molecule has 0 saturated carbocycles. The first kappa shape index (κ1) is 22.9. The molecule has 9 heteroatoms. The lowest BCUT2D eigenvalue weighted by molar-refractivity contribution is -0.116. The Bertz CT molecular complexity index is 902. The number of nitrogens with one attached hydrogen (secondary N) is 1. The number of aromatic nitrogens is 2. The van der Waals surface area contributed by atoms with Crippen LogP contribution in [-0.2, 0) is 4.79 Å². The number of carbonyl (C=O) groups is 2. The number of hydrogen-bond acceptors (Lipinski definition) is 6. The second kappa shape index (κ2) is 10.4. The molecule has 0 bridgehead atoms. The molecule has 0 aliphatic carbocycles. The first-order valence-corrected chi connectivity index (χ1v) is 10.4. The van der Waals surface area contributed by atoms with Crippen molar-refractivity contribution in [1.82, 2.24) is 9.97 Å². The summed E-state index contributed by atoms with van der Waals surface area (Å²) in [6.45, 7) is 6.07. The van der Waals surface area contributed by atoms with Gasteiger partial charge in [0.05, 0.1) is 16.9 Å². The lowest BCUT2D eigenvalue weighted by Crippen LogP contribution is -2.19. The minimum absolute atomic E-state index is 0.107. The molecule has 1 aromatic carbocycles. The second-order valence-electron chi connectivity index (χ2n) is 6.70. The fourth-order valence-electron chi connectivity index (χ4n) is 2.55. The van der Waals surface area contributed by atoms with Crippen LogP contribution in [0.5, 0.6) is 17.2 Å². The summed E-state index contributed by atoms with van der Waals surface area (Å²) in [5.41, 5.74) is 6.20. The van der Waals surface area contributed by atoms with Crippen LogP contribution in [0.3, 0.4) is 0 Å². The molecule has 0 unspecified atom stereocenters. The molecular weight excluding hydrogens is 487 g/mol. The third-order valence-corrected chi connectivity index (χ3v) is 4.96. The number of halogens is 1. The highest BCUT2D eigenvalue weighted by atomic mass is 127. The van der Waals surface area contributed by atoms with Crippen LogP contribution >= 0.6 is 22.6 Å². The predicted molar refractivity (Wildman–Crippen MR) is 119 cm³/mol. The van der Waals surface area contributed by atoms with Gasteiger partial charge in [0.25, 0.3) is 5.91 Å². The summed E-state index contributed by atoms with van der Waals surface area (Å²) in [5.74, 6) is 0.612. The molecule has 1 aromatic heterocycles. The maximum absolute atomic E-state index is 12.2. The van der Waals surface area contributed by atoms with Crippen molar-refractivity contribution >= 4 is 40.2 Å². The van der Waals surface area contributed by atoms with Gasteiger partial charge in [0.1, 0.15) is 11.5 Å². The number of anilines is 1. The second-order valence-corrected chi connectivity index (χ2v) is 7.87. The molecule has 0 atom stereocenters. The van der Waals surface area contributed by atoms with Crippen LogP contribution in [0.2, 0.25) is 0 Å². The van der Waals surface area contributed by atoms with Gasteiger partial charge in [-0.15, -0.1) is 0 Å². The van der Waals surface area contributed by atoms with Gasteiger partial charge in [0.2, 0.25) is 11.7 Å². The summed E-state index contributed by atoms with van der Waals surface area (Å²) in [7, 11) is 1.61. The molecule has 2 amide bonds. The van der Waals surface area contributed by atoms with Gasteiger partial charge in [-0.3, -0.25) is 9.59 Å². The molecule has 2 rings (SSSR count). The number of unbranched alkanes of at least 4 members (excludes halogenated alkanes) is 1. The number of primary amides is 1. The van der Waals surface area contributed by atoms with E-state index in [0.29, 0.717) is 12.2 Å². The standard InChI is InChI=1S/C20H25IN4O4/c1-5-6-7-17(26)24-19-16(10-23-20(25-19)18(22)27)29-14-9-13(21)15(28-4)8-12(14)11(2)3/h8-11H,5-7H2,1-4H3,(H2,22,27)(H,23,24,25,26). The van der Waals surface area contributed by atoms with E-state index in [0.717, 1.165) is 27.7 Å². The van der Waals surface area contributed by atoms with Crippen molar-refractivity contribution in [3.63, 3.8) is 0 Å². The predicted octanol–water partition coefficient (Wildman–Crippen LogP) is 4.23. The van der Waals surface area contributed by atoms with E-state index in [1.165, 1.54) is 6.20 Å². The molecule has 0 aliphatic heterocycles. The molecule has 29 heavy (non-hydrogen) atoms. The summed E-state index contributed by atoms with van der Waals surface area (Å²) < 4.78 is 12.3. The van der Waals surface area contributed by atoms with Gasteiger partial charge < -0.3 is 20.5 Å². The Labute approximate surface area is 183 Å². The quantitative estimate of drug-likeness (QED) is 0.486. The third kappa shape index (κ3) is 6.02. The zero-order chi connectivity index (χ0) is 21.6. The summed E-state index contributed by atoms with van der Waals surface area (Å²) in [6.07, 6.45) is 3.30. The van der Waals surface area contributed by atoms with E-state index in [2.05, 4.69) is 37.9 Å². The topological polar surface area (TPSA) is 116 Å². The number of nitrogens with two attached hydrogens (primary N) is 1. The zero-order valence-corrected chi connectivity index (χ0v) is 19.1. The number of rotatable bonds is 9. The highest BCUT2D eigenvalue weighted by molar-refractivity contribution is 14.1. The van der Waals surface area contributed by atoms with E-state index in [1.807, 2.05) is 32.9 Å². The maximum atomic E-state index is 12.2. The number of carbonyl (C=O) groups excluding carboxylic acids is 2. The van der Waals surface area contributed by atoms with E-state index in [1.54, 1.807) is 7.11 Å². The van der Waals surface area contributed by atoms with Crippen LogP contribution in [0.25, 0.3) is 0 Å². The van der Waals surface area contributed by atoms with Gasteiger partial charge in [-0.25, -0.2) is 9.97 Å². The Hall–Kier alpha value is -2.43. The summed E-state index contributed by atoms with van der Waals surface area (Å²) in [5, 5.41) is 2.70. The molecule has 8 nitrogen and oxygen atoms in total. The number of ether oxygens (including phenoxy) is 2. The average molecular weight is 512 g/mol. The molecule has 0 aliphatic rings. The number of methoxy groups -OCH3 is 1. The minimum atomic E-state index is -0.789. The highest BCUT2D eigenvalue weighted by Crippen LogP contribution is 2.38. The SMILES string of the molecule is CCCCC(=O)Nc1nc(C(N)=O)ncc1Oc1cc(I)c(OC)cc1C(C)C. The molecule has 2 aromatic rings. The van der Waals surface area contributed by atoms with Crippen LogP contribution in [0.4, 0.5) is 5.82 Å². The van der Waals surface area contributed by atoms with Crippen molar-refractivity contribution in [2.75, 3.05) is 12.4 Å². The molecule has 0 spiro atoms. The number of nitrogens with zero attached hydrogens (tertiary/aromatic N) is 2. The van der Waals surface area contributed by atoms with Gasteiger partial charge in [0, 0.05) is 12.0 Å². The smallest absolute Gasteiger partial charge is 0.286 e. The van der Waals surface area contributed by atoms with E-state index >= 15 is 0 Å². The van der Waals surface area contributed by atoms with Crippen molar-refractivity contribution in [3.8, 4) is 17.2 Å². The summed E-state index contributed by atoms with van der Waals surface area (Å²) >= 11 is 2.16. The Morgan fingerprint density at radius 1 is 1.24 bits per heavy atom. The normalized spacial score (nSPS) is 10.7. The third-order valence-electron chi connectivity index (χ3n) is 4.12. The van der Waals surface area contributed by atoms with Gasteiger partial charge >= 0.3 is 0 Å². The monoisotopic (exact) mass is 512 g/mol. The Morgan fingerprint density at radius 3 is 2.55 bits per heavy atom.